The molecule has 0 amide bonds. The summed E-state index contributed by atoms with van der Waals surface area (Å²) in [5.41, 5.74) is -0.806. The average Bonchev–Trinajstić information content (AvgIpc) is 3.30. The van der Waals surface area contributed by atoms with Crippen LogP contribution in [0.1, 0.15) is 87.5 Å². The molecular weight excluding hydrogens is 981 g/mol. The van der Waals surface area contributed by atoms with Gasteiger partial charge < -0.3 is 77.8 Å². The van der Waals surface area contributed by atoms with Crippen molar-refractivity contribution in [3.63, 3.8) is 0 Å². The van der Waals surface area contributed by atoms with Crippen LogP contribution < -0.4 is 4.74 Å². The Morgan fingerprint density at radius 3 is 2.08 bits per heavy atom. The minimum Gasteiger partial charge on any atom is -0.493 e. The van der Waals surface area contributed by atoms with Gasteiger partial charge in [0.05, 0.1) is 61.8 Å². The van der Waals surface area contributed by atoms with Gasteiger partial charge in [-0.1, -0.05) is 61.7 Å². The van der Waals surface area contributed by atoms with E-state index in [1.165, 1.54) is 27.2 Å². The van der Waals surface area contributed by atoms with Gasteiger partial charge in [-0.2, -0.15) is 0 Å². The summed E-state index contributed by atoms with van der Waals surface area (Å²) in [4.78, 5) is 29.9. The number of hydrogen-bond acceptors (Lipinski definition) is 18. The van der Waals surface area contributed by atoms with E-state index in [-0.39, 0.29) is 38.3 Å². The molecule has 5 rings (SSSR count). The van der Waals surface area contributed by atoms with Gasteiger partial charge in [0, 0.05) is 48.4 Å². The second kappa shape index (κ2) is 27.1. The summed E-state index contributed by atoms with van der Waals surface area (Å²) in [5, 5.41) is 57.4. The number of benzene rings is 1. The van der Waals surface area contributed by atoms with Crippen LogP contribution in [0.4, 0.5) is 0 Å². The number of aliphatic hydroxyl groups is 5. The zero-order valence-electron chi connectivity index (χ0n) is 43.8. The van der Waals surface area contributed by atoms with Crippen molar-refractivity contribution in [2.45, 2.75) is 191 Å². The Hall–Kier alpha value is -2.34. The maximum Gasteiger partial charge on any atom is 0.308 e. The van der Waals surface area contributed by atoms with E-state index in [1.807, 2.05) is 26.8 Å². The summed E-state index contributed by atoms with van der Waals surface area (Å²) in [6.45, 7) is 14.0. The molecule has 1 aromatic carbocycles. The molecule has 72 heavy (non-hydrogen) atoms. The molecule has 3 saturated heterocycles. The third-order valence-corrected chi connectivity index (χ3v) is 15.0. The number of halogens is 2. The number of likely N-dealkylation sites (N-methyl/N-ethyl adjacent to an activating group) is 1. The van der Waals surface area contributed by atoms with Crippen molar-refractivity contribution >= 4 is 35.0 Å². The van der Waals surface area contributed by atoms with Crippen LogP contribution in [0, 0.1) is 23.7 Å². The second-order valence-electron chi connectivity index (χ2n) is 20.6. The number of cyclic esters (lactones) is 1. The summed E-state index contributed by atoms with van der Waals surface area (Å²) in [6, 6.07) is 4.09. The van der Waals surface area contributed by atoms with Gasteiger partial charge in [-0.3, -0.25) is 9.59 Å². The maximum absolute atomic E-state index is 14.1. The van der Waals surface area contributed by atoms with Gasteiger partial charge in [0.15, 0.2) is 24.7 Å². The highest BCUT2D eigenvalue weighted by molar-refractivity contribution is 6.34. The van der Waals surface area contributed by atoms with E-state index >= 15 is 0 Å². The Morgan fingerprint density at radius 2 is 1.47 bits per heavy atom. The molecule has 1 aromatic rings. The lowest BCUT2D eigenvalue weighted by Crippen LogP contribution is -2.65. The number of rotatable bonds is 15. The maximum atomic E-state index is 14.1. The molecule has 4 aliphatic rings. The lowest BCUT2D eigenvalue weighted by atomic mass is 9.79. The fraction of sp³-hybridized carbons (Fsp3) is 0.769. The first-order valence-electron chi connectivity index (χ1n) is 25.1. The highest BCUT2D eigenvalue weighted by Gasteiger charge is 2.52. The van der Waals surface area contributed by atoms with E-state index in [1.54, 1.807) is 71.0 Å². The normalized spacial score (nSPS) is 42.1. The van der Waals surface area contributed by atoms with Crippen molar-refractivity contribution in [3.05, 3.63) is 52.0 Å². The Bertz CT molecular complexity index is 1940. The predicted molar refractivity (Wildman–Crippen MR) is 266 cm³/mol. The van der Waals surface area contributed by atoms with Crippen LogP contribution in [-0.2, 0) is 52.2 Å². The molecule has 21 atom stereocenters. The van der Waals surface area contributed by atoms with Crippen LogP contribution in [0.15, 0.2) is 42.0 Å². The molecular formula is C52H81Cl2NO17. The van der Waals surface area contributed by atoms with Crippen molar-refractivity contribution in [3.8, 4) is 5.75 Å². The number of methoxy groups -OCH3 is 2. The summed E-state index contributed by atoms with van der Waals surface area (Å²) < 4.78 is 61.7. The largest absolute Gasteiger partial charge is 0.493 e. The quantitative estimate of drug-likeness (QED) is 0.145. The molecule has 4 heterocycles. The molecule has 0 saturated carbocycles. The molecule has 0 bridgehead atoms. The minimum absolute atomic E-state index is 0.0101. The molecule has 3 fully saturated rings. The van der Waals surface area contributed by atoms with E-state index < -0.39 is 140 Å². The second-order valence-corrected chi connectivity index (χ2v) is 21.5. The van der Waals surface area contributed by atoms with E-state index in [2.05, 4.69) is 0 Å². The zero-order valence-corrected chi connectivity index (χ0v) is 45.3. The number of nitrogens with zero attached hydrogens (tertiary/aromatic N) is 1. The molecule has 410 valence electrons. The number of ketones is 1. The first-order valence-corrected chi connectivity index (χ1v) is 25.9. The lowest BCUT2D eigenvalue weighted by Gasteiger charge is -2.50. The number of carbonyl (C=O) groups is 2. The van der Waals surface area contributed by atoms with Gasteiger partial charge in [0.25, 0.3) is 0 Å². The van der Waals surface area contributed by atoms with E-state index in [4.69, 9.17) is 70.6 Å². The standard InChI is InChI=1S/C52H81Cl2NO17/c1-13-39-33(25-66-51-48(64-12)47(63-11)43(59)29(5)68-51)18-26(2)14-15-37(56)27(3)19-32(16-17-65-36-21-34(53)20-35(54)22-36)45(28(4)38(57)23-40(58)70-39)72-50-44(60)42(55(9)10)46(30(6)69-50)71-41-24-52(8,62)49(61)31(7)67-41/h14-15,18,20-22,27-33,38-39,41-51,57,59-62H,13,16-17,19,23-25H2,1-12H3/b15-14+,26-18+/t27-,28+,29-,30-,31+,32+,33-,38-,39-,41+,42-,43-,44-,45-,46-,47-,48-,49+,50+,51-,52-/m1/s1. The van der Waals surface area contributed by atoms with Gasteiger partial charge in [-0.15, -0.1) is 0 Å². The highest BCUT2D eigenvalue weighted by atomic mass is 35.5. The Morgan fingerprint density at radius 1 is 0.819 bits per heavy atom. The predicted octanol–water partition coefficient (Wildman–Crippen LogP) is 5.02. The van der Waals surface area contributed by atoms with Crippen molar-refractivity contribution < 1.29 is 82.5 Å². The van der Waals surface area contributed by atoms with E-state index in [0.29, 0.717) is 27.8 Å². The number of esters is 1. The summed E-state index contributed by atoms with van der Waals surface area (Å²) >= 11 is 12.6. The molecule has 0 radical (unpaired) electrons. The molecule has 0 aliphatic carbocycles. The van der Waals surface area contributed by atoms with Crippen LogP contribution in [0.25, 0.3) is 0 Å². The molecule has 0 spiro atoms. The molecule has 18 nitrogen and oxygen atoms in total. The van der Waals surface area contributed by atoms with Gasteiger partial charge in [-0.25, -0.2) is 0 Å². The fourth-order valence-electron chi connectivity index (χ4n) is 10.4. The number of ether oxygens (including phenoxy) is 10. The zero-order chi connectivity index (χ0) is 53.4. The summed E-state index contributed by atoms with van der Waals surface area (Å²) in [7, 11) is 6.49. The summed E-state index contributed by atoms with van der Waals surface area (Å²) in [5.74, 6) is -2.98. The van der Waals surface area contributed by atoms with Crippen LogP contribution in [-0.4, -0.2) is 187 Å². The Labute approximate surface area is 435 Å². The van der Waals surface area contributed by atoms with Crippen molar-refractivity contribution in [2.75, 3.05) is 41.5 Å². The molecule has 4 aliphatic heterocycles. The Balaban J connectivity index is 1.47. The highest BCUT2D eigenvalue weighted by Crippen LogP contribution is 2.38. The molecule has 5 N–H and O–H groups in total. The third kappa shape index (κ3) is 15.6. The minimum atomic E-state index is -1.50. The third-order valence-electron chi connectivity index (χ3n) is 14.6. The van der Waals surface area contributed by atoms with E-state index in [9.17, 15) is 35.1 Å². The van der Waals surface area contributed by atoms with Crippen molar-refractivity contribution in [2.24, 2.45) is 23.7 Å². The molecule has 0 aromatic heterocycles. The monoisotopic (exact) mass is 1060 g/mol. The lowest BCUT2D eigenvalue weighted by molar-refractivity contribution is -0.342. The topological polar surface area (TPSA) is 231 Å². The summed E-state index contributed by atoms with van der Waals surface area (Å²) in [6.07, 6.45) is -8.71. The van der Waals surface area contributed by atoms with Crippen LogP contribution in [0.5, 0.6) is 5.75 Å². The average molecular weight is 1060 g/mol. The first-order chi connectivity index (χ1) is 33.9. The van der Waals surface area contributed by atoms with E-state index in [0.717, 1.165) is 0 Å². The number of carbonyl (C=O) groups excluding carboxylic acids is 2. The van der Waals surface area contributed by atoms with Crippen LogP contribution in [0.2, 0.25) is 10.0 Å². The molecule has 20 heteroatoms. The van der Waals surface area contributed by atoms with Crippen molar-refractivity contribution in [1.82, 2.24) is 4.90 Å². The number of hydrogen-bond donors (Lipinski definition) is 5. The van der Waals surface area contributed by atoms with Crippen LogP contribution in [0.3, 0.4) is 0 Å². The smallest absolute Gasteiger partial charge is 0.308 e. The van der Waals surface area contributed by atoms with Gasteiger partial charge >= 0.3 is 5.97 Å². The number of allylic oxidation sites excluding steroid dienone is 3. The number of aliphatic hydroxyl groups excluding tert-OH is 4. The van der Waals surface area contributed by atoms with Gasteiger partial charge in [0.1, 0.15) is 48.5 Å². The molecule has 0 unspecified atom stereocenters. The fourth-order valence-corrected chi connectivity index (χ4v) is 10.9. The van der Waals surface area contributed by atoms with Crippen LogP contribution >= 0.6 is 23.2 Å². The van der Waals surface area contributed by atoms with Gasteiger partial charge in [-0.05, 0) is 98.2 Å². The SMILES string of the molecule is CC[C@H]1OC(=O)C[C@@H](O)[C@H](C)[C@@H](O[C@@H]2O[C@H](C)[C@@H](O[C@H]3C[C@@](C)(O)[C@@H](O)[C@H](C)O3)[C@H](N(C)C)[C@H]2O)[C@@H](CCOc2cc(Cl)cc(Cl)c2)C[C@@H](C)C(=O)/C=C/C(C)=C/[C@@H]1CO[C@@H]1O[C@H](C)[C@@H](O)[C@@H](OC)[C@H]1OC. The first kappa shape index (κ1) is 60.5. The Kier molecular flexibility index (Phi) is 22.8. The van der Waals surface area contributed by atoms with Gasteiger partial charge in [0.2, 0.25) is 0 Å². The van der Waals surface area contributed by atoms with Crippen molar-refractivity contribution in [1.29, 1.82) is 0 Å².